The predicted molar refractivity (Wildman–Crippen MR) is 223 cm³/mol. The first-order valence-electron chi connectivity index (χ1n) is 22.9. The minimum atomic E-state index is -0.0231. The summed E-state index contributed by atoms with van der Waals surface area (Å²) in [4.78, 5) is 27.2. The lowest BCUT2D eigenvalue weighted by molar-refractivity contribution is -0.145. The van der Waals surface area contributed by atoms with Crippen molar-refractivity contribution >= 4 is 11.9 Å². The summed E-state index contributed by atoms with van der Waals surface area (Å²) in [6.07, 6.45) is 35.6. The smallest absolute Gasteiger partial charge is 0.305 e. The van der Waals surface area contributed by atoms with Crippen LogP contribution in [0.25, 0.3) is 0 Å². The van der Waals surface area contributed by atoms with E-state index in [-0.39, 0.29) is 24.0 Å². The molecule has 0 fully saturated rings. The largest absolute Gasteiger partial charge is 0.466 e. The predicted octanol–water partition coefficient (Wildman–Crippen LogP) is 13.2. The van der Waals surface area contributed by atoms with Gasteiger partial charge in [0.05, 0.1) is 13.2 Å². The molecule has 52 heavy (non-hydrogen) atoms. The van der Waals surface area contributed by atoms with Crippen molar-refractivity contribution in [2.24, 2.45) is 11.3 Å². The molecule has 0 saturated heterocycles. The first-order valence-corrected chi connectivity index (χ1v) is 22.9. The third kappa shape index (κ3) is 35.9. The first kappa shape index (κ1) is 50.9. The lowest BCUT2D eigenvalue weighted by Gasteiger charge is -2.27. The normalized spacial score (nSPS) is 11.9. The van der Waals surface area contributed by atoms with E-state index in [2.05, 4.69) is 39.5 Å². The molecule has 0 saturated carbocycles. The van der Waals surface area contributed by atoms with Gasteiger partial charge in [-0.15, -0.1) is 0 Å². The topological polar surface area (TPSA) is 76.1 Å². The molecule has 0 aliphatic heterocycles. The molecule has 0 aliphatic rings. The Morgan fingerprint density at radius 2 is 0.942 bits per heavy atom. The van der Waals surface area contributed by atoms with E-state index in [1.54, 1.807) is 0 Å². The van der Waals surface area contributed by atoms with Gasteiger partial charge in [0.25, 0.3) is 0 Å². The highest BCUT2D eigenvalue weighted by Gasteiger charge is 2.18. The van der Waals surface area contributed by atoms with E-state index in [1.165, 1.54) is 135 Å². The Morgan fingerprint density at radius 1 is 0.519 bits per heavy atom. The standard InChI is InChI=1S/C46H91NO5/c1-6-9-12-15-16-19-24-33-44(49)51-41-30-36-46(4,5)35-29-39-47(38-27-28-40-48)37-26-21-18-17-20-25-34-45(50)52-42-43(31-22-13-10-7-2)32-23-14-11-8-3/h43,48H,6-42H2,1-5H3. The van der Waals surface area contributed by atoms with Gasteiger partial charge >= 0.3 is 11.9 Å². The second-order valence-corrected chi connectivity index (χ2v) is 16.9. The summed E-state index contributed by atoms with van der Waals surface area (Å²) in [5, 5.41) is 9.31. The monoisotopic (exact) mass is 738 g/mol. The number of hydrogen-bond donors (Lipinski definition) is 1. The molecule has 310 valence electrons. The molecule has 6 nitrogen and oxygen atoms in total. The Bertz CT molecular complexity index is 760. The Labute approximate surface area is 324 Å². The maximum absolute atomic E-state index is 12.5. The van der Waals surface area contributed by atoms with Gasteiger partial charge in [-0.2, -0.15) is 0 Å². The third-order valence-electron chi connectivity index (χ3n) is 11.0. The number of unbranched alkanes of at least 4 members (excludes halogenated alkanes) is 18. The molecule has 0 aliphatic carbocycles. The summed E-state index contributed by atoms with van der Waals surface area (Å²) in [6.45, 7) is 16.2. The van der Waals surface area contributed by atoms with E-state index < -0.39 is 0 Å². The van der Waals surface area contributed by atoms with Crippen LogP contribution in [0, 0.1) is 11.3 Å². The van der Waals surface area contributed by atoms with Gasteiger partial charge < -0.3 is 19.5 Å². The Kier molecular flexibility index (Phi) is 37.3. The van der Waals surface area contributed by atoms with Gasteiger partial charge in [-0.1, -0.05) is 150 Å². The van der Waals surface area contributed by atoms with Crippen molar-refractivity contribution in [2.45, 2.75) is 234 Å². The van der Waals surface area contributed by atoms with Gasteiger partial charge in [0.1, 0.15) is 0 Å². The third-order valence-corrected chi connectivity index (χ3v) is 11.0. The van der Waals surface area contributed by atoms with Gasteiger partial charge in [-0.3, -0.25) is 9.59 Å². The van der Waals surface area contributed by atoms with Crippen molar-refractivity contribution in [3.63, 3.8) is 0 Å². The zero-order valence-corrected chi connectivity index (χ0v) is 35.8. The number of aliphatic hydroxyl groups excluding tert-OH is 1. The summed E-state index contributed by atoms with van der Waals surface area (Å²) in [6, 6.07) is 0. The molecule has 0 aromatic carbocycles. The van der Waals surface area contributed by atoms with Crippen LogP contribution >= 0.6 is 0 Å². The second-order valence-electron chi connectivity index (χ2n) is 16.9. The number of hydrogen-bond acceptors (Lipinski definition) is 6. The van der Waals surface area contributed by atoms with Crippen molar-refractivity contribution in [1.82, 2.24) is 4.90 Å². The second kappa shape index (κ2) is 38.1. The van der Waals surface area contributed by atoms with E-state index in [0.29, 0.717) is 32.0 Å². The fourth-order valence-corrected chi connectivity index (χ4v) is 7.35. The van der Waals surface area contributed by atoms with Gasteiger partial charge in [0, 0.05) is 19.4 Å². The van der Waals surface area contributed by atoms with E-state index >= 15 is 0 Å². The van der Waals surface area contributed by atoms with Gasteiger partial charge in [-0.05, 0) is 102 Å². The quantitative estimate of drug-likeness (QED) is 0.0497. The van der Waals surface area contributed by atoms with Crippen molar-refractivity contribution in [1.29, 1.82) is 0 Å². The lowest BCUT2D eigenvalue weighted by atomic mass is 9.83. The molecule has 0 unspecified atom stereocenters. The van der Waals surface area contributed by atoms with Crippen LogP contribution in [0.2, 0.25) is 0 Å². The number of carbonyl (C=O) groups is 2. The van der Waals surface area contributed by atoms with Crippen LogP contribution in [0.3, 0.4) is 0 Å². The summed E-state index contributed by atoms with van der Waals surface area (Å²) in [7, 11) is 0. The summed E-state index contributed by atoms with van der Waals surface area (Å²) in [5.41, 5.74) is 0.248. The highest BCUT2D eigenvalue weighted by Crippen LogP contribution is 2.28. The Morgan fingerprint density at radius 3 is 1.48 bits per heavy atom. The molecular formula is C46H91NO5. The van der Waals surface area contributed by atoms with Crippen LogP contribution < -0.4 is 0 Å². The van der Waals surface area contributed by atoms with Crippen molar-refractivity contribution in [3.05, 3.63) is 0 Å². The van der Waals surface area contributed by atoms with Gasteiger partial charge in [-0.25, -0.2) is 0 Å². The highest BCUT2D eigenvalue weighted by molar-refractivity contribution is 5.69. The number of ether oxygens (including phenoxy) is 2. The molecular weight excluding hydrogens is 647 g/mol. The molecule has 0 atom stereocenters. The van der Waals surface area contributed by atoms with Crippen LogP contribution in [0.1, 0.15) is 234 Å². The maximum Gasteiger partial charge on any atom is 0.305 e. The molecule has 0 amide bonds. The van der Waals surface area contributed by atoms with Crippen LogP contribution in [-0.2, 0) is 19.1 Å². The minimum absolute atomic E-state index is 0.00586. The molecule has 0 radical (unpaired) electrons. The number of esters is 2. The molecule has 0 aromatic rings. The molecule has 0 heterocycles. The van der Waals surface area contributed by atoms with E-state index in [0.717, 1.165) is 71.0 Å². The average molecular weight is 738 g/mol. The average Bonchev–Trinajstić information content (AvgIpc) is 3.12. The summed E-state index contributed by atoms with van der Waals surface area (Å²) in [5.74, 6) is 0.524. The van der Waals surface area contributed by atoms with Gasteiger partial charge in [0.15, 0.2) is 0 Å². The fraction of sp³-hybridized carbons (Fsp3) is 0.957. The fourth-order valence-electron chi connectivity index (χ4n) is 7.35. The van der Waals surface area contributed by atoms with Crippen molar-refractivity contribution in [2.75, 3.05) is 39.5 Å². The zero-order chi connectivity index (χ0) is 38.4. The molecule has 0 spiro atoms. The molecule has 0 aromatic heterocycles. The van der Waals surface area contributed by atoms with E-state index in [9.17, 15) is 14.7 Å². The van der Waals surface area contributed by atoms with Crippen molar-refractivity contribution < 1.29 is 24.2 Å². The van der Waals surface area contributed by atoms with Crippen LogP contribution in [0.4, 0.5) is 0 Å². The molecule has 0 bridgehead atoms. The highest BCUT2D eigenvalue weighted by atomic mass is 16.5. The van der Waals surface area contributed by atoms with Crippen molar-refractivity contribution in [3.8, 4) is 0 Å². The Balaban J connectivity index is 4.14. The number of carbonyl (C=O) groups excluding carboxylic acids is 2. The maximum atomic E-state index is 12.5. The number of nitrogens with zero attached hydrogens (tertiary/aromatic N) is 1. The van der Waals surface area contributed by atoms with E-state index in [1.807, 2.05) is 0 Å². The first-order chi connectivity index (χ1) is 25.3. The SMILES string of the molecule is CCCCCCCCCC(=O)OCCCC(C)(C)CCCN(CCCCO)CCCCCCCCC(=O)OCC(CCCCCC)CCCCCC. The molecule has 1 N–H and O–H groups in total. The Hall–Kier alpha value is -1.14. The molecule has 6 heteroatoms. The van der Waals surface area contributed by atoms with Gasteiger partial charge in [0.2, 0.25) is 0 Å². The zero-order valence-electron chi connectivity index (χ0n) is 35.8. The summed E-state index contributed by atoms with van der Waals surface area (Å²) >= 11 is 0. The lowest BCUT2D eigenvalue weighted by Crippen LogP contribution is -2.28. The van der Waals surface area contributed by atoms with Crippen LogP contribution in [0.15, 0.2) is 0 Å². The van der Waals surface area contributed by atoms with E-state index in [4.69, 9.17) is 9.47 Å². The van der Waals surface area contributed by atoms with Crippen LogP contribution in [0.5, 0.6) is 0 Å². The number of aliphatic hydroxyl groups is 1. The number of rotatable bonds is 41. The molecule has 0 rings (SSSR count). The van der Waals surface area contributed by atoms with Crippen LogP contribution in [-0.4, -0.2) is 61.4 Å². The summed E-state index contributed by atoms with van der Waals surface area (Å²) < 4.78 is 11.3. The minimum Gasteiger partial charge on any atom is -0.466 e.